The molecular formula is C22H24ClNO4. The van der Waals surface area contributed by atoms with Gasteiger partial charge in [0.15, 0.2) is 16.9 Å². The fraction of sp³-hybridized carbons (Fsp3) is 0.318. The van der Waals surface area contributed by atoms with E-state index in [1.165, 1.54) is 5.56 Å². The number of ether oxygens (including phenoxy) is 2. The van der Waals surface area contributed by atoms with E-state index < -0.39 is 0 Å². The number of para-hydroxylation sites is 1. The Morgan fingerprint density at radius 2 is 1.79 bits per heavy atom. The molecule has 0 saturated carbocycles. The van der Waals surface area contributed by atoms with Gasteiger partial charge in [0.25, 0.3) is 0 Å². The summed E-state index contributed by atoms with van der Waals surface area (Å²) in [7, 11) is 0. The fourth-order valence-electron chi connectivity index (χ4n) is 3.67. The van der Waals surface area contributed by atoms with Crippen molar-refractivity contribution in [3.63, 3.8) is 0 Å². The number of hydrogen-bond donors (Lipinski definition) is 1. The lowest BCUT2D eigenvalue weighted by molar-refractivity contribution is 0.286. The highest BCUT2D eigenvalue weighted by molar-refractivity contribution is 5.85. The highest BCUT2D eigenvalue weighted by atomic mass is 35.5. The molecule has 4 rings (SSSR count). The molecule has 1 aromatic heterocycles. The first-order chi connectivity index (χ1) is 13.2. The molecule has 0 radical (unpaired) electrons. The monoisotopic (exact) mass is 401 g/mol. The highest BCUT2D eigenvalue weighted by Gasteiger charge is 2.27. The van der Waals surface area contributed by atoms with E-state index in [0.29, 0.717) is 35.5 Å². The van der Waals surface area contributed by atoms with E-state index in [1.54, 1.807) is 12.3 Å². The average molecular weight is 402 g/mol. The number of nitrogens with one attached hydrogen (secondary N) is 1. The molecule has 1 atom stereocenters. The molecule has 5 nitrogen and oxygen atoms in total. The Hall–Kier alpha value is -2.50. The molecule has 1 aliphatic heterocycles. The Balaban J connectivity index is 0.00000225. The van der Waals surface area contributed by atoms with Gasteiger partial charge in [0.1, 0.15) is 11.8 Å². The van der Waals surface area contributed by atoms with Crippen LogP contribution in [0.5, 0.6) is 11.5 Å². The SMILES string of the molecule is CCOc1cc2c(cc1OCC)C(c1coc3ccccc3c1=O)NCC2.Cl. The third-order valence-electron chi connectivity index (χ3n) is 4.88. The van der Waals surface area contributed by atoms with E-state index in [1.807, 2.05) is 44.2 Å². The van der Waals surface area contributed by atoms with Crippen molar-refractivity contribution in [3.8, 4) is 11.5 Å². The van der Waals surface area contributed by atoms with Gasteiger partial charge in [0, 0.05) is 6.54 Å². The van der Waals surface area contributed by atoms with Crippen molar-refractivity contribution in [3.05, 3.63) is 69.6 Å². The van der Waals surface area contributed by atoms with E-state index in [9.17, 15) is 4.79 Å². The summed E-state index contributed by atoms with van der Waals surface area (Å²) < 4.78 is 17.3. The number of hydrogen-bond acceptors (Lipinski definition) is 5. The second-order valence-corrected chi connectivity index (χ2v) is 6.52. The largest absolute Gasteiger partial charge is 0.490 e. The minimum absolute atomic E-state index is 0. The molecular weight excluding hydrogens is 378 g/mol. The van der Waals surface area contributed by atoms with E-state index in [-0.39, 0.29) is 23.9 Å². The van der Waals surface area contributed by atoms with Gasteiger partial charge in [-0.05, 0) is 55.7 Å². The highest BCUT2D eigenvalue weighted by Crippen LogP contribution is 2.37. The summed E-state index contributed by atoms with van der Waals surface area (Å²) in [5, 5.41) is 4.06. The van der Waals surface area contributed by atoms with Gasteiger partial charge < -0.3 is 19.2 Å². The molecule has 0 spiro atoms. The summed E-state index contributed by atoms with van der Waals surface area (Å²) in [6.07, 6.45) is 2.45. The van der Waals surface area contributed by atoms with Crippen LogP contribution in [0.15, 0.2) is 51.9 Å². The van der Waals surface area contributed by atoms with Crippen LogP contribution in [0.1, 0.15) is 36.6 Å². The molecule has 3 aromatic rings. The number of fused-ring (bicyclic) bond motifs is 2. The standard InChI is InChI=1S/C22H23NO4.ClH/c1-3-25-19-11-14-9-10-23-21(16(14)12-20(19)26-4-2)17-13-27-18-8-6-5-7-15(18)22(17)24;/h5-8,11-13,21,23H,3-4,9-10H2,1-2H3;1H. The van der Waals surface area contributed by atoms with Gasteiger partial charge in [-0.2, -0.15) is 0 Å². The molecule has 2 aromatic carbocycles. The van der Waals surface area contributed by atoms with Gasteiger partial charge in [-0.25, -0.2) is 0 Å². The lowest BCUT2D eigenvalue weighted by Crippen LogP contribution is -2.33. The summed E-state index contributed by atoms with van der Waals surface area (Å²) in [6.45, 7) is 5.82. The van der Waals surface area contributed by atoms with Crippen molar-refractivity contribution in [1.82, 2.24) is 5.32 Å². The van der Waals surface area contributed by atoms with Crippen molar-refractivity contribution in [1.29, 1.82) is 0 Å². The maximum atomic E-state index is 13.1. The number of benzene rings is 2. The summed E-state index contributed by atoms with van der Waals surface area (Å²) in [5.41, 5.74) is 3.41. The van der Waals surface area contributed by atoms with Crippen LogP contribution in [0.2, 0.25) is 0 Å². The molecule has 0 saturated heterocycles. The predicted octanol–water partition coefficient (Wildman–Crippen LogP) is 4.25. The fourth-order valence-corrected chi connectivity index (χ4v) is 3.67. The minimum Gasteiger partial charge on any atom is -0.490 e. The Morgan fingerprint density at radius 3 is 2.54 bits per heavy atom. The second kappa shape index (κ2) is 8.67. The lowest BCUT2D eigenvalue weighted by atomic mass is 9.89. The Labute approximate surface area is 170 Å². The Bertz CT molecular complexity index is 1030. The number of rotatable bonds is 5. The van der Waals surface area contributed by atoms with Gasteiger partial charge in [-0.3, -0.25) is 4.79 Å². The first-order valence-corrected chi connectivity index (χ1v) is 9.39. The summed E-state index contributed by atoms with van der Waals surface area (Å²) in [5.74, 6) is 1.46. The predicted molar refractivity (Wildman–Crippen MR) is 112 cm³/mol. The van der Waals surface area contributed by atoms with Crippen molar-refractivity contribution in [2.45, 2.75) is 26.3 Å². The zero-order valence-corrected chi connectivity index (χ0v) is 16.8. The molecule has 0 amide bonds. The maximum Gasteiger partial charge on any atom is 0.197 e. The molecule has 148 valence electrons. The third kappa shape index (κ3) is 3.60. The molecule has 0 fully saturated rings. The smallest absolute Gasteiger partial charge is 0.197 e. The van der Waals surface area contributed by atoms with Gasteiger partial charge in [0.05, 0.1) is 30.2 Å². The molecule has 1 N–H and O–H groups in total. The van der Waals surface area contributed by atoms with Crippen LogP contribution in [0.4, 0.5) is 0 Å². The average Bonchev–Trinajstić information content (AvgIpc) is 2.69. The topological polar surface area (TPSA) is 60.7 Å². The minimum atomic E-state index is -0.232. The van der Waals surface area contributed by atoms with Crippen LogP contribution in [0.25, 0.3) is 11.0 Å². The maximum absolute atomic E-state index is 13.1. The molecule has 6 heteroatoms. The van der Waals surface area contributed by atoms with Crippen LogP contribution < -0.4 is 20.2 Å². The van der Waals surface area contributed by atoms with Gasteiger partial charge in [-0.1, -0.05) is 12.1 Å². The Kier molecular flexibility index (Phi) is 6.27. The third-order valence-corrected chi connectivity index (χ3v) is 4.88. The van der Waals surface area contributed by atoms with Crippen LogP contribution in [-0.4, -0.2) is 19.8 Å². The normalized spacial score (nSPS) is 15.6. The van der Waals surface area contributed by atoms with Crippen LogP contribution in [0.3, 0.4) is 0 Å². The van der Waals surface area contributed by atoms with Gasteiger partial charge in [-0.15, -0.1) is 12.4 Å². The molecule has 1 aliphatic rings. The zero-order chi connectivity index (χ0) is 18.8. The van der Waals surface area contributed by atoms with Crippen LogP contribution in [-0.2, 0) is 6.42 Å². The molecule has 0 bridgehead atoms. The van der Waals surface area contributed by atoms with Gasteiger partial charge >= 0.3 is 0 Å². The van der Waals surface area contributed by atoms with Crippen molar-refractivity contribution in [2.24, 2.45) is 0 Å². The van der Waals surface area contributed by atoms with Gasteiger partial charge in [0.2, 0.25) is 0 Å². The molecule has 1 unspecified atom stereocenters. The molecule has 0 aliphatic carbocycles. The summed E-state index contributed by atoms with van der Waals surface area (Å²) >= 11 is 0. The van der Waals surface area contributed by atoms with Crippen LogP contribution >= 0.6 is 12.4 Å². The first kappa shape index (κ1) is 20.2. The lowest BCUT2D eigenvalue weighted by Gasteiger charge is -2.28. The molecule has 2 heterocycles. The summed E-state index contributed by atoms with van der Waals surface area (Å²) in [6, 6.07) is 11.1. The van der Waals surface area contributed by atoms with E-state index in [0.717, 1.165) is 24.3 Å². The van der Waals surface area contributed by atoms with Crippen LogP contribution in [0, 0.1) is 0 Å². The van der Waals surface area contributed by atoms with Crippen molar-refractivity contribution in [2.75, 3.05) is 19.8 Å². The number of halogens is 1. The summed E-state index contributed by atoms with van der Waals surface area (Å²) in [4.78, 5) is 13.1. The zero-order valence-electron chi connectivity index (χ0n) is 16.0. The van der Waals surface area contributed by atoms with E-state index in [2.05, 4.69) is 5.32 Å². The van der Waals surface area contributed by atoms with E-state index in [4.69, 9.17) is 13.9 Å². The quantitative estimate of drug-likeness (QED) is 0.692. The van der Waals surface area contributed by atoms with Crippen molar-refractivity contribution >= 4 is 23.4 Å². The molecule has 28 heavy (non-hydrogen) atoms. The second-order valence-electron chi connectivity index (χ2n) is 6.52. The Morgan fingerprint density at radius 1 is 1.07 bits per heavy atom. The first-order valence-electron chi connectivity index (χ1n) is 9.39. The van der Waals surface area contributed by atoms with Crippen molar-refractivity contribution < 1.29 is 13.9 Å². The van der Waals surface area contributed by atoms with E-state index >= 15 is 0 Å².